The minimum Gasteiger partial charge on any atom is -0.310 e. The van der Waals surface area contributed by atoms with Crippen molar-refractivity contribution in [2.75, 3.05) is 26.2 Å². The molecule has 1 N–H and O–H groups in total. The van der Waals surface area contributed by atoms with E-state index in [1.165, 1.54) is 37.9 Å². The molecule has 2 unspecified atom stereocenters. The fraction of sp³-hybridized carbons (Fsp3) is 0.667. The van der Waals surface area contributed by atoms with Crippen LogP contribution in [-0.4, -0.2) is 31.1 Å². The normalized spacial score (nSPS) is 20.8. The Morgan fingerprint density at radius 3 is 2.67 bits per heavy atom. The van der Waals surface area contributed by atoms with Crippen LogP contribution in [0.3, 0.4) is 0 Å². The number of likely N-dealkylation sites (tertiary alicyclic amines) is 1. The Kier molecular flexibility index (Phi) is 6.65. The molecule has 2 nitrogen and oxygen atoms in total. The highest BCUT2D eigenvalue weighted by Gasteiger charge is 2.22. The van der Waals surface area contributed by atoms with Crippen molar-refractivity contribution in [2.45, 2.75) is 45.6 Å². The second-order valence-corrected chi connectivity index (χ2v) is 6.20. The van der Waals surface area contributed by atoms with E-state index in [0.717, 1.165) is 25.4 Å². The van der Waals surface area contributed by atoms with Crippen molar-refractivity contribution in [3.63, 3.8) is 0 Å². The van der Waals surface area contributed by atoms with Crippen molar-refractivity contribution in [1.29, 1.82) is 0 Å². The van der Waals surface area contributed by atoms with Gasteiger partial charge in [-0.1, -0.05) is 38.8 Å². The third kappa shape index (κ3) is 5.08. The van der Waals surface area contributed by atoms with Crippen LogP contribution in [0.5, 0.6) is 0 Å². The highest BCUT2D eigenvalue weighted by Crippen LogP contribution is 2.22. The van der Waals surface area contributed by atoms with Gasteiger partial charge in [-0.3, -0.25) is 0 Å². The molecule has 0 bridgehead atoms. The van der Waals surface area contributed by atoms with Gasteiger partial charge in [0.25, 0.3) is 0 Å². The summed E-state index contributed by atoms with van der Waals surface area (Å²) in [5, 5.41) is 3.73. The highest BCUT2D eigenvalue weighted by molar-refractivity contribution is 5.19. The molecule has 118 valence electrons. The molecule has 0 spiro atoms. The number of nitrogens with one attached hydrogen (secondary N) is 1. The van der Waals surface area contributed by atoms with Gasteiger partial charge in [0.15, 0.2) is 0 Å². The molecule has 0 aliphatic carbocycles. The van der Waals surface area contributed by atoms with Gasteiger partial charge in [0.05, 0.1) is 0 Å². The number of benzene rings is 1. The van der Waals surface area contributed by atoms with Gasteiger partial charge in [-0.15, -0.1) is 0 Å². The first-order valence-corrected chi connectivity index (χ1v) is 8.44. The maximum absolute atomic E-state index is 13.1. The van der Waals surface area contributed by atoms with Crippen LogP contribution in [0.2, 0.25) is 0 Å². The summed E-state index contributed by atoms with van der Waals surface area (Å²) in [6, 6.07) is 7.36. The van der Waals surface area contributed by atoms with E-state index in [1.807, 2.05) is 12.1 Å². The molecule has 1 aliphatic heterocycles. The minimum atomic E-state index is -0.151. The first-order chi connectivity index (χ1) is 10.2. The van der Waals surface area contributed by atoms with E-state index in [-0.39, 0.29) is 5.82 Å². The van der Waals surface area contributed by atoms with E-state index >= 15 is 0 Å². The standard InChI is InChI=1S/C18H29FN2/c1-3-5-6-18(16-7-9-17(19)10-8-16)20-13-15-11-12-21(4-2)14-15/h7-10,15,18,20H,3-6,11-14H2,1-2H3. The molecule has 1 aromatic rings. The molecular formula is C18H29FN2. The number of unbranched alkanes of at least 4 members (excludes halogenated alkanes) is 1. The van der Waals surface area contributed by atoms with Crippen molar-refractivity contribution in [2.24, 2.45) is 5.92 Å². The molecule has 1 aliphatic rings. The number of hydrogen-bond acceptors (Lipinski definition) is 2. The van der Waals surface area contributed by atoms with Crippen LogP contribution in [-0.2, 0) is 0 Å². The lowest BCUT2D eigenvalue weighted by Crippen LogP contribution is -2.29. The molecule has 1 aromatic carbocycles. The summed E-state index contributed by atoms with van der Waals surface area (Å²) >= 11 is 0. The van der Waals surface area contributed by atoms with Gasteiger partial charge < -0.3 is 10.2 Å². The number of nitrogens with zero attached hydrogens (tertiary/aromatic N) is 1. The predicted octanol–water partition coefficient (Wildman–Crippen LogP) is 3.99. The van der Waals surface area contributed by atoms with Gasteiger partial charge in [0.1, 0.15) is 5.82 Å². The van der Waals surface area contributed by atoms with Gasteiger partial charge >= 0.3 is 0 Å². The summed E-state index contributed by atoms with van der Waals surface area (Å²) < 4.78 is 13.1. The first kappa shape index (κ1) is 16.4. The Balaban J connectivity index is 1.89. The Hall–Kier alpha value is -0.930. The molecule has 0 saturated carbocycles. The van der Waals surface area contributed by atoms with E-state index in [9.17, 15) is 4.39 Å². The van der Waals surface area contributed by atoms with Crippen LogP contribution >= 0.6 is 0 Å². The third-order valence-electron chi connectivity index (χ3n) is 4.59. The molecule has 0 amide bonds. The molecule has 1 heterocycles. The molecule has 2 atom stereocenters. The Morgan fingerprint density at radius 1 is 1.29 bits per heavy atom. The maximum atomic E-state index is 13.1. The second kappa shape index (κ2) is 8.50. The van der Waals surface area contributed by atoms with E-state index in [0.29, 0.717) is 6.04 Å². The lowest BCUT2D eigenvalue weighted by atomic mass is 10.00. The fourth-order valence-electron chi connectivity index (χ4n) is 3.17. The molecule has 0 aromatic heterocycles. The van der Waals surface area contributed by atoms with Crippen molar-refractivity contribution < 1.29 is 4.39 Å². The lowest BCUT2D eigenvalue weighted by Gasteiger charge is -2.22. The van der Waals surface area contributed by atoms with Crippen LogP contribution < -0.4 is 5.32 Å². The SMILES string of the molecule is CCCCC(NCC1CCN(CC)C1)c1ccc(F)cc1. The van der Waals surface area contributed by atoms with E-state index < -0.39 is 0 Å². The highest BCUT2D eigenvalue weighted by atomic mass is 19.1. The summed E-state index contributed by atoms with van der Waals surface area (Å²) in [7, 11) is 0. The van der Waals surface area contributed by atoms with Crippen molar-refractivity contribution in [3.05, 3.63) is 35.6 Å². The zero-order valence-corrected chi connectivity index (χ0v) is 13.4. The van der Waals surface area contributed by atoms with Crippen molar-refractivity contribution >= 4 is 0 Å². The number of hydrogen-bond donors (Lipinski definition) is 1. The summed E-state index contributed by atoms with van der Waals surface area (Å²) in [5.74, 6) is 0.608. The van der Waals surface area contributed by atoms with Gasteiger partial charge in [-0.05, 0) is 56.1 Å². The summed E-state index contributed by atoms with van der Waals surface area (Å²) in [6.45, 7) is 9.14. The van der Waals surface area contributed by atoms with Crippen LogP contribution in [0.25, 0.3) is 0 Å². The summed E-state index contributed by atoms with van der Waals surface area (Å²) in [4.78, 5) is 2.52. The summed E-state index contributed by atoms with van der Waals surface area (Å²) in [6.07, 6.45) is 4.84. The maximum Gasteiger partial charge on any atom is 0.123 e. The van der Waals surface area contributed by atoms with Crippen molar-refractivity contribution in [3.8, 4) is 0 Å². The molecule has 3 heteroatoms. The number of rotatable bonds is 8. The predicted molar refractivity (Wildman–Crippen MR) is 86.9 cm³/mol. The largest absolute Gasteiger partial charge is 0.310 e. The minimum absolute atomic E-state index is 0.151. The van der Waals surface area contributed by atoms with Crippen LogP contribution in [0.15, 0.2) is 24.3 Å². The lowest BCUT2D eigenvalue weighted by molar-refractivity contribution is 0.333. The Labute approximate surface area is 128 Å². The zero-order chi connectivity index (χ0) is 15.1. The Morgan fingerprint density at radius 2 is 2.05 bits per heavy atom. The molecule has 1 saturated heterocycles. The molecular weight excluding hydrogens is 263 g/mol. The molecule has 0 radical (unpaired) electrons. The molecule has 2 rings (SSSR count). The topological polar surface area (TPSA) is 15.3 Å². The fourth-order valence-corrected chi connectivity index (χ4v) is 3.17. The quantitative estimate of drug-likeness (QED) is 0.779. The monoisotopic (exact) mass is 292 g/mol. The van der Waals surface area contributed by atoms with Crippen molar-refractivity contribution in [1.82, 2.24) is 10.2 Å². The average molecular weight is 292 g/mol. The van der Waals surface area contributed by atoms with E-state index in [2.05, 4.69) is 24.1 Å². The van der Waals surface area contributed by atoms with E-state index in [1.54, 1.807) is 12.1 Å². The van der Waals surface area contributed by atoms with Gasteiger partial charge in [0, 0.05) is 12.6 Å². The molecule has 21 heavy (non-hydrogen) atoms. The summed E-state index contributed by atoms with van der Waals surface area (Å²) in [5.41, 5.74) is 1.22. The second-order valence-electron chi connectivity index (χ2n) is 6.20. The third-order valence-corrected chi connectivity index (χ3v) is 4.59. The van der Waals surface area contributed by atoms with Crippen LogP contribution in [0, 0.1) is 11.7 Å². The Bertz CT molecular complexity index is 404. The van der Waals surface area contributed by atoms with Gasteiger partial charge in [-0.25, -0.2) is 4.39 Å². The van der Waals surface area contributed by atoms with Gasteiger partial charge in [-0.2, -0.15) is 0 Å². The average Bonchev–Trinajstić information content (AvgIpc) is 2.97. The smallest absolute Gasteiger partial charge is 0.123 e. The molecule has 1 fully saturated rings. The first-order valence-electron chi connectivity index (χ1n) is 8.44. The van der Waals surface area contributed by atoms with Crippen LogP contribution in [0.4, 0.5) is 4.39 Å². The van der Waals surface area contributed by atoms with E-state index in [4.69, 9.17) is 0 Å². The van der Waals surface area contributed by atoms with Crippen LogP contribution in [0.1, 0.15) is 51.1 Å². The number of halogens is 1. The zero-order valence-electron chi connectivity index (χ0n) is 13.4. The van der Waals surface area contributed by atoms with Gasteiger partial charge in [0.2, 0.25) is 0 Å².